The SMILES string of the molecule is C[C@@H]1[C@@H](C)C(=O)CC[NH+]1Cc1ccco1. The number of carbonyl (C=O) groups excluding carboxylic acids is 1. The minimum absolute atomic E-state index is 0.184. The summed E-state index contributed by atoms with van der Waals surface area (Å²) in [6, 6.07) is 4.31. The minimum atomic E-state index is 0.184. The second-order valence-corrected chi connectivity index (χ2v) is 4.46. The third-order valence-electron chi connectivity index (χ3n) is 3.58. The summed E-state index contributed by atoms with van der Waals surface area (Å²) < 4.78 is 5.34. The van der Waals surface area contributed by atoms with Gasteiger partial charge < -0.3 is 9.32 Å². The van der Waals surface area contributed by atoms with Gasteiger partial charge >= 0.3 is 0 Å². The Morgan fingerprint density at radius 1 is 1.53 bits per heavy atom. The monoisotopic (exact) mass is 208 g/mol. The number of hydrogen-bond donors (Lipinski definition) is 1. The predicted octanol–water partition coefficient (Wildman–Crippen LogP) is 0.662. The lowest BCUT2D eigenvalue weighted by Gasteiger charge is -2.33. The normalized spacial score (nSPS) is 31.9. The van der Waals surface area contributed by atoms with Crippen LogP contribution in [0.5, 0.6) is 0 Å². The molecule has 1 fully saturated rings. The largest absolute Gasteiger partial charge is 0.463 e. The number of hydrogen-bond acceptors (Lipinski definition) is 2. The van der Waals surface area contributed by atoms with Gasteiger partial charge in [-0.15, -0.1) is 0 Å². The summed E-state index contributed by atoms with van der Waals surface area (Å²) in [4.78, 5) is 13.0. The van der Waals surface area contributed by atoms with Crippen LogP contribution in [-0.2, 0) is 11.3 Å². The van der Waals surface area contributed by atoms with Gasteiger partial charge in [0.05, 0.1) is 31.2 Å². The summed E-state index contributed by atoms with van der Waals surface area (Å²) in [5.74, 6) is 1.60. The molecule has 3 atom stereocenters. The first kappa shape index (κ1) is 10.4. The Hall–Kier alpha value is -1.09. The van der Waals surface area contributed by atoms with Crippen LogP contribution in [-0.4, -0.2) is 18.4 Å². The number of piperidine rings is 1. The number of nitrogens with one attached hydrogen (secondary N) is 1. The molecule has 0 amide bonds. The predicted molar refractivity (Wildman–Crippen MR) is 56.5 cm³/mol. The molecule has 1 aromatic heterocycles. The highest BCUT2D eigenvalue weighted by molar-refractivity contribution is 5.81. The van der Waals surface area contributed by atoms with Gasteiger partial charge in [0, 0.05) is 0 Å². The molecule has 1 saturated heterocycles. The Morgan fingerprint density at radius 2 is 2.33 bits per heavy atom. The number of likely N-dealkylation sites (tertiary alicyclic amines) is 1. The molecule has 3 nitrogen and oxygen atoms in total. The molecule has 1 aromatic rings. The summed E-state index contributed by atoms with van der Waals surface area (Å²) in [6.45, 7) is 6.02. The van der Waals surface area contributed by atoms with Crippen molar-refractivity contribution < 1.29 is 14.1 Å². The number of quaternary nitrogens is 1. The summed E-state index contributed by atoms with van der Waals surface area (Å²) >= 11 is 0. The smallest absolute Gasteiger partial charge is 0.157 e. The van der Waals surface area contributed by atoms with Crippen molar-refractivity contribution in [2.24, 2.45) is 5.92 Å². The average Bonchev–Trinajstić information content (AvgIpc) is 2.72. The van der Waals surface area contributed by atoms with Crippen LogP contribution in [0.2, 0.25) is 0 Å². The third kappa shape index (κ3) is 2.12. The Labute approximate surface area is 90.1 Å². The summed E-state index contributed by atoms with van der Waals surface area (Å²) in [7, 11) is 0. The standard InChI is InChI=1S/C12H17NO2/c1-9-10(2)13(6-5-12(9)14)8-11-4-3-7-15-11/h3-4,7,9-10H,5-6,8H2,1-2H3/p+1/t9-,10-/m1/s1. The van der Waals surface area contributed by atoms with Crippen LogP contribution in [0.4, 0.5) is 0 Å². The first-order valence-electron chi connectivity index (χ1n) is 5.58. The molecule has 2 rings (SSSR count). The quantitative estimate of drug-likeness (QED) is 0.775. The van der Waals surface area contributed by atoms with Crippen LogP contribution < -0.4 is 4.90 Å². The molecule has 0 saturated carbocycles. The maximum absolute atomic E-state index is 11.5. The highest BCUT2D eigenvalue weighted by atomic mass is 16.3. The van der Waals surface area contributed by atoms with Crippen molar-refractivity contribution in [2.75, 3.05) is 6.54 Å². The van der Waals surface area contributed by atoms with Crippen LogP contribution >= 0.6 is 0 Å². The summed E-state index contributed by atoms with van der Waals surface area (Å²) in [5, 5.41) is 0. The molecule has 0 spiro atoms. The Balaban J connectivity index is 2.01. The second kappa shape index (κ2) is 4.19. The lowest BCUT2D eigenvalue weighted by atomic mass is 9.91. The highest BCUT2D eigenvalue weighted by Gasteiger charge is 2.34. The van der Waals surface area contributed by atoms with Gasteiger partial charge in [0.2, 0.25) is 0 Å². The van der Waals surface area contributed by atoms with Crippen molar-refractivity contribution in [3.63, 3.8) is 0 Å². The third-order valence-corrected chi connectivity index (χ3v) is 3.58. The van der Waals surface area contributed by atoms with Gasteiger partial charge in [-0.1, -0.05) is 0 Å². The molecule has 2 heterocycles. The van der Waals surface area contributed by atoms with Gasteiger partial charge in [-0.05, 0) is 26.0 Å². The zero-order valence-corrected chi connectivity index (χ0v) is 9.32. The van der Waals surface area contributed by atoms with Crippen LogP contribution in [0.1, 0.15) is 26.0 Å². The number of carbonyl (C=O) groups is 1. The minimum Gasteiger partial charge on any atom is -0.463 e. The zero-order valence-electron chi connectivity index (χ0n) is 9.32. The van der Waals surface area contributed by atoms with Gasteiger partial charge in [0.1, 0.15) is 12.3 Å². The first-order chi connectivity index (χ1) is 7.18. The highest BCUT2D eigenvalue weighted by Crippen LogP contribution is 2.09. The number of rotatable bonds is 2. The molecule has 0 bridgehead atoms. The van der Waals surface area contributed by atoms with Crippen molar-refractivity contribution >= 4 is 5.78 Å². The van der Waals surface area contributed by atoms with E-state index in [1.807, 2.05) is 19.1 Å². The van der Waals surface area contributed by atoms with Crippen molar-refractivity contribution in [1.82, 2.24) is 0 Å². The van der Waals surface area contributed by atoms with Crippen LogP contribution in [0.3, 0.4) is 0 Å². The molecule has 3 heteroatoms. The Kier molecular flexibility index (Phi) is 2.91. The van der Waals surface area contributed by atoms with Gasteiger partial charge in [0.25, 0.3) is 0 Å². The fourth-order valence-electron chi connectivity index (χ4n) is 2.26. The van der Waals surface area contributed by atoms with Crippen LogP contribution in [0.25, 0.3) is 0 Å². The number of furan rings is 1. The van der Waals surface area contributed by atoms with E-state index >= 15 is 0 Å². The van der Waals surface area contributed by atoms with E-state index in [2.05, 4.69) is 6.92 Å². The zero-order chi connectivity index (χ0) is 10.8. The maximum Gasteiger partial charge on any atom is 0.157 e. The Bertz CT molecular complexity index is 331. The first-order valence-corrected chi connectivity index (χ1v) is 5.58. The topological polar surface area (TPSA) is 34.7 Å². The second-order valence-electron chi connectivity index (χ2n) is 4.46. The van der Waals surface area contributed by atoms with E-state index in [-0.39, 0.29) is 5.92 Å². The van der Waals surface area contributed by atoms with Gasteiger partial charge in [-0.3, -0.25) is 4.79 Å². The van der Waals surface area contributed by atoms with Crippen LogP contribution in [0.15, 0.2) is 22.8 Å². The van der Waals surface area contributed by atoms with E-state index in [0.29, 0.717) is 18.2 Å². The summed E-state index contributed by atoms with van der Waals surface area (Å²) in [5.41, 5.74) is 0. The molecule has 1 aliphatic rings. The van der Waals surface area contributed by atoms with Crippen molar-refractivity contribution in [3.8, 4) is 0 Å². The van der Waals surface area contributed by atoms with Gasteiger partial charge in [0.15, 0.2) is 5.76 Å². The van der Waals surface area contributed by atoms with Crippen molar-refractivity contribution in [2.45, 2.75) is 32.9 Å². The molecule has 0 aliphatic carbocycles. The number of Topliss-reactive ketones (excluding diaryl/α,β-unsaturated/α-hetero) is 1. The molecule has 1 unspecified atom stereocenters. The Morgan fingerprint density at radius 3 is 3.00 bits per heavy atom. The van der Waals surface area contributed by atoms with E-state index < -0.39 is 0 Å². The van der Waals surface area contributed by atoms with Gasteiger partial charge in [-0.2, -0.15) is 0 Å². The van der Waals surface area contributed by atoms with E-state index in [1.54, 1.807) is 6.26 Å². The lowest BCUT2D eigenvalue weighted by Crippen LogP contribution is -3.16. The average molecular weight is 208 g/mol. The molecule has 15 heavy (non-hydrogen) atoms. The fourth-order valence-corrected chi connectivity index (χ4v) is 2.26. The number of ketones is 1. The van der Waals surface area contributed by atoms with E-state index in [0.717, 1.165) is 18.8 Å². The molecule has 82 valence electrons. The van der Waals surface area contributed by atoms with E-state index in [1.165, 1.54) is 4.90 Å². The van der Waals surface area contributed by atoms with E-state index in [9.17, 15) is 4.79 Å². The molecule has 0 radical (unpaired) electrons. The van der Waals surface area contributed by atoms with Crippen LogP contribution in [0, 0.1) is 5.92 Å². The fraction of sp³-hybridized carbons (Fsp3) is 0.583. The van der Waals surface area contributed by atoms with Crippen molar-refractivity contribution in [3.05, 3.63) is 24.2 Å². The van der Waals surface area contributed by atoms with Gasteiger partial charge in [-0.25, -0.2) is 0 Å². The van der Waals surface area contributed by atoms with E-state index in [4.69, 9.17) is 4.42 Å². The van der Waals surface area contributed by atoms with Crippen molar-refractivity contribution in [1.29, 1.82) is 0 Å². The lowest BCUT2D eigenvalue weighted by molar-refractivity contribution is -0.942. The molecular formula is C12H18NO2+. The molecule has 1 aliphatic heterocycles. The molecule has 1 N–H and O–H groups in total. The molecular weight excluding hydrogens is 190 g/mol. The summed E-state index contributed by atoms with van der Waals surface area (Å²) in [6.07, 6.45) is 2.42. The maximum atomic E-state index is 11.5. The molecule has 0 aromatic carbocycles.